The first-order valence-corrected chi connectivity index (χ1v) is 10.8. The maximum Gasteiger partial charge on any atom is 0.220 e. The third kappa shape index (κ3) is 4.59. The third-order valence-corrected chi connectivity index (χ3v) is 6.69. The number of amides is 1. The van der Waals surface area contributed by atoms with Crippen LogP contribution in [-0.4, -0.2) is 32.9 Å². The van der Waals surface area contributed by atoms with Gasteiger partial charge in [0, 0.05) is 19.2 Å². The molecule has 0 bridgehead atoms. The van der Waals surface area contributed by atoms with Gasteiger partial charge in [-0.3, -0.25) is 4.79 Å². The highest BCUT2D eigenvalue weighted by Gasteiger charge is 2.47. The zero-order chi connectivity index (χ0) is 17.3. The summed E-state index contributed by atoms with van der Waals surface area (Å²) in [6.07, 6.45) is 7.83. The number of carbonyl (C=O) groups is 1. The predicted octanol–water partition coefficient (Wildman–Crippen LogP) is 2.73. The van der Waals surface area contributed by atoms with Crippen LogP contribution in [0.5, 0.6) is 0 Å². The molecule has 3 rings (SSSR count). The van der Waals surface area contributed by atoms with Crippen molar-refractivity contribution in [3.63, 3.8) is 0 Å². The maximum atomic E-state index is 12.3. The Hall–Kier alpha value is -1.36. The number of rotatable bonds is 8. The first kappa shape index (κ1) is 17.5. The summed E-state index contributed by atoms with van der Waals surface area (Å²) in [5, 5.41) is 3.09. The van der Waals surface area contributed by atoms with Gasteiger partial charge in [0.2, 0.25) is 5.91 Å². The molecule has 24 heavy (non-hydrogen) atoms. The maximum absolute atomic E-state index is 12.3. The minimum Gasteiger partial charge on any atom is -0.356 e. The molecule has 1 aromatic carbocycles. The number of hydrogen-bond acceptors (Lipinski definition) is 3. The van der Waals surface area contributed by atoms with E-state index in [-0.39, 0.29) is 22.5 Å². The molecule has 0 aliphatic heterocycles. The fourth-order valence-corrected chi connectivity index (χ4v) is 5.42. The highest BCUT2D eigenvalue weighted by molar-refractivity contribution is 7.90. The second-order valence-electron chi connectivity index (χ2n) is 8.04. The van der Waals surface area contributed by atoms with Crippen molar-refractivity contribution in [3.05, 3.63) is 35.9 Å². The van der Waals surface area contributed by atoms with Crippen LogP contribution in [0.15, 0.2) is 30.3 Å². The zero-order valence-corrected chi connectivity index (χ0v) is 15.2. The van der Waals surface area contributed by atoms with E-state index in [0.29, 0.717) is 13.0 Å². The SMILES string of the molecule is CS(=O)(=O)CC1(CC(=O)NCC2(Cc3ccccc3)CCC2)CC1. The first-order valence-electron chi connectivity index (χ1n) is 8.78. The normalized spacial score (nSPS) is 20.9. The molecular weight excluding hydrogens is 322 g/mol. The summed E-state index contributed by atoms with van der Waals surface area (Å²) in [5.41, 5.74) is 1.22. The molecule has 0 spiro atoms. The van der Waals surface area contributed by atoms with Crippen LogP contribution in [0, 0.1) is 10.8 Å². The summed E-state index contributed by atoms with van der Waals surface area (Å²) in [6.45, 7) is 0.704. The summed E-state index contributed by atoms with van der Waals surface area (Å²) >= 11 is 0. The average molecular weight is 349 g/mol. The first-order chi connectivity index (χ1) is 11.3. The van der Waals surface area contributed by atoms with Gasteiger partial charge in [-0.15, -0.1) is 0 Å². The Morgan fingerprint density at radius 1 is 1.08 bits per heavy atom. The molecule has 0 radical (unpaired) electrons. The van der Waals surface area contributed by atoms with E-state index in [2.05, 4.69) is 29.6 Å². The van der Waals surface area contributed by atoms with E-state index in [1.807, 2.05) is 6.07 Å². The number of nitrogens with one attached hydrogen (secondary N) is 1. The van der Waals surface area contributed by atoms with E-state index < -0.39 is 9.84 Å². The Labute approximate surface area is 145 Å². The van der Waals surface area contributed by atoms with Crippen molar-refractivity contribution in [1.82, 2.24) is 5.32 Å². The summed E-state index contributed by atoms with van der Waals surface area (Å²) in [4.78, 5) is 12.3. The Bertz CT molecular complexity index is 689. The average Bonchev–Trinajstić information content (AvgIpc) is 3.19. The molecule has 0 atom stereocenters. The van der Waals surface area contributed by atoms with Gasteiger partial charge in [0.15, 0.2) is 0 Å². The van der Waals surface area contributed by atoms with Crippen LogP contribution < -0.4 is 5.32 Å². The van der Waals surface area contributed by atoms with Gasteiger partial charge >= 0.3 is 0 Å². The standard InChI is InChI=1S/C19H27NO3S/c1-24(22,23)15-19(10-11-19)13-17(21)20-14-18(8-5-9-18)12-16-6-3-2-4-7-16/h2-4,6-7H,5,8-15H2,1H3,(H,20,21). The summed E-state index contributed by atoms with van der Waals surface area (Å²) < 4.78 is 23.0. The summed E-state index contributed by atoms with van der Waals surface area (Å²) in [7, 11) is -3.02. The minimum absolute atomic E-state index is 0.00971. The highest BCUT2D eigenvalue weighted by atomic mass is 32.2. The van der Waals surface area contributed by atoms with Crippen molar-refractivity contribution in [2.45, 2.75) is 44.9 Å². The van der Waals surface area contributed by atoms with Crippen LogP contribution in [0.2, 0.25) is 0 Å². The summed E-state index contributed by atoms with van der Waals surface area (Å²) in [5.74, 6) is 0.151. The van der Waals surface area contributed by atoms with Crippen LogP contribution in [0.25, 0.3) is 0 Å². The van der Waals surface area contributed by atoms with Gasteiger partial charge in [-0.1, -0.05) is 36.8 Å². The monoisotopic (exact) mass is 349 g/mol. The van der Waals surface area contributed by atoms with Crippen molar-refractivity contribution in [3.8, 4) is 0 Å². The fourth-order valence-electron chi connectivity index (χ4n) is 3.92. The van der Waals surface area contributed by atoms with Crippen molar-refractivity contribution in [1.29, 1.82) is 0 Å². The smallest absolute Gasteiger partial charge is 0.220 e. The van der Waals surface area contributed by atoms with Crippen LogP contribution in [0.3, 0.4) is 0 Å². The van der Waals surface area contributed by atoms with E-state index in [1.54, 1.807) is 0 Å². The second-order valence-corrected chi connectivity index (χ2v) is 10.2. The van der Waals surface area contributed by atoms with Crippen molar-refractivity contribution in [2.75, 3.05) is 18.6 Å². The molecule has 132 valence electrons. The highest BCUT2D eigenvalue weighted by Crippen LogP contribution is 2.50. The molecule has 5 heteroatoms. The molecule has 2 saturated carbocycles. The molecule has 4 nitrogen and oxygen atoms in total. The Morgan fingerprint density at radius 2 is 1.75 bits per heavy atom. The number of sulfone groups is 1. The van der Waals surface area contributed by atoms with E-state index in [0.717, 1.165) is 32.1 Å². The topological polar surface area (TPSA) is 63.2 Å². The Balaban J connectivity index is 1.52. The molecule has 2 fully saturated rings. The van der Waals surface area contributed by atoms with E-state index in [4.69, 9.17) is 0 Å². The van der Waals surface area contributed by atoms with Gasteiger partial charge in [0.1, 0.15) is 9.84 Å². The molecule has 1 N–H and O–H groups in total. The number of hydrogen-bond donors (Lipinski definition) is 1. The molecule has 1 aromatic rings. The lowest BCUT2D eigenvalue weighted by molar-refractivity contribution is -0.123. The largest absolute Gasteiger partial charge is 0.356 e. The minimum atomic E-state index is -3.02. The zero-order valence-electron chi connectivity index (χ0n) is 14.4. The number of benzene rings is 1. The molecule has 0 heterocycles. The van der Waals surface area contributed by atoms with Crippen molar-refractivity contribution >= 4 is 15.7 Å². The second kappa shape index (κ2) is 6.51. The molecular formula is C19H27NO3S. The van der Waals surface area contributed by atoms with Crippen LogP contribution in [-0.2, 0) is 21.1 Å². The number of carbonyl (C=O) groups excluding carboxylic acids is 1. The quantitative estimate of drug-likeness (QED) is 0.785. The van der Waals surface area contributed by atoms with Gasteiger partial charge < -0.3 is 5.32 Å². The Morgan fingerprint density at radius 3 is 2.25 bits per heavy atom. The molecule has 2 aliphatic rings. The van der Waals surface area contributed by atoms with Crippen LogP contribution in [0.1, 0.15) is 44.1 Å². The van der Waals surface area contributed by atoms with E-state index >= 15 is 0 Å². The van der Waals surface area contributed by atoms with Crippen LogP contribution >= 0.6 is 0 Å². The van der Waals surface area contributed by atoms with Crippen molar-refractivity contribution in [2.24, 2.45) is 10.8 Å². The van der Waals surface area contributed by atoms with Gasteiger partial charge in [-0.25, -0.2) is 8.42 Å². The lowest BCUT2D eigenvalue weighted by Crippen LogP contribution is -2.44. The Kier molecular flexibility index (Phi) is 4.73. The lowest BCUT2D eigenvalue weighted by atomic mass is 9.65. The molecule has 0 saturated heterocycles. The molecule has 1 amide bonds. The summed E-state index contributed by atoms with van der Waals surface area (Å²) in [6, 6.07) is 10.4. The van der Waals surface area contributed by atoms with Gasteiger partial charge in [-0.2, -0.15) is 0 Å². The third-order valence-electron chi connectivity index (χ3n) is 5.56. The van der Waals surface area contributed by atoms with Gasteiger partial charge in [0.05, 0.1) is 5.75 Å². The van der Waals surface area contributed by atoms with Gasteiger partial charge in [-0.05, 0) is 48.5 Å². The van der Waals surface area contributed by atoms with Crippen LogP contribution in [0.4, 0.5) is 0 Å². The fraction of sp³-hybridized carbons (Fsp3) is 0.632. The molecule has 2 aliphatic carbocycles. The molecule has 0 aromatic heterocycles. The van der Waals surface area contributed by atoms with Gasteiger partial charge in [0.25, 0.3) is 0 Å². The predicted molar refractivity (Wildman–Crippen MR) is 95.4 cm³/mol. The van der Waals surface area contributed by atoms with E-state index in [1.165, 1.54) is 18.2 Å². The van der Waals surface area contributed by atoms with E-state index in [9.17, 15) is 13.2 Å². The van der Waals surface area contributed by atoms with Crippen molar-refractivity contribution < 1.29 is 13.2 Å². The molecule has 0 unspecified atom stereocenters. The lowest BCUT2D eigenvalue weighted by Gasteiger charge is -2.42.